The summed E-state index contributed by atoms with van der Waals surface area (Å²) in [6, 6.07) is 28.3. The number of thiophene rings is 2. The molecule has 0 atom stereocenters. The highest BCUT2D eigenvalue weighted by Crippen LogP contribution is 2.12. The molecule has 0 unspecified atom stereocenters. The normalized spacial score (nSPS) is 6.41. The Hall–Kier alpha value is -3.93. The van der Waals surface area contributed by atoms with Gasteiger partial charge in [-0.1, -0.05) is 231 Å². The lowest BCUT2D eigenvalue weighted by Gasteiger charge is -1.82. The van der Waals surface area contributed by atoms with Gasteiger partial charge in [0.2, 0.25) is 0 Å². The maximum Gasteiger partial charge on any atom is 0.0372 e. The van der Waals surface area contributed by atoms with Crippen LogP contribution in [0.15, 0.2) is 127 Å². The molecule has 0 aliphatic carbocycles. The Morgan fingerprint density at radius 2 is 0.618 bits per heavy atom. The van der Waals surface area contributed by atoms with Gasteiger partial charge in [0.1, 0.15) is 0 Å². The van der Waals surface area contributed by atoms with E-state index in [0.29, 0.717) is 0 Å². The molecule has 5 aromatic heterocycles. The predicted octanol–water partition coefficient (Wildman–Crippen LogP) is 25.0. The first-order valence-electron chi connectivity index (χ1n) is 23.8. The van der Waals surface area contributed by atoms with Crippen molar-refractivity contribution in [3.05, 3.63) is 170 Å². The molecular formula is C63H129N3S2. The van der Waals surface area contributed by atoms with E-state index >= 15 is 0 Å². The summed E-state index contributed by atoms with van der Waals surface area (Å²) in [5, 5.41) is 4.23. The minimum Gasteiger partial charge on any atom is -0.265 e. The third-order valence-electron chi connectivity index (χ3n) is 5.65. The molecule has 6 rings (SSSR count). The van der Waals surface area contributed by atoms with Crippen LogP contribution in [0.25, 0.3) is 0 Å². The van der Waals surface area contributed by atoms with Crippen LogP contribution < -0.4 is 0 Å². The SMILES string of the molecule is C.C.C.C.C.C.CC.CC.CC.CC.CC.CC.CC.CC.CC.CC.Cc1ccccc1.Cc1ccccn1.Cc1cccnc1.Cc1ccncc1.Cc1ccsc1C.Cc1ccsc1C. The van der Waals surface area contributed by atoms with Crippen molar-refractivity contribution in [1.29, 1.82) is 0 Å². The van der Waals surface area contributed by atoms with Gasteiger partial charge in [0.05, 0.1) is 0 Å². The maximum absolute atomic E-state index is 3.98. The Morgan fingerprint density at radius 1 is 0.294 bits per heavy atom. The average Bonchev–Trinajstić information content (AvgIpc) is 3.95. The van der Waals surface area contributed by atoms with Crippen LogP contribution in [0.3, 0.4) is 0 Å². The smallest absolute Gasteiger partial charge is 0.0372 e. The third kappa shape index (κ3) is 100. The van der Waals surface area contributed by atoms with E-state index in [2.05, 4.69) is 84.6 Å². The summed E-state index contributed by atoms with van der Waals surface area (Å²) in [6.07, 6.45) is 8.97. The Balaban J connectivity index is -0.0000000312. The van der Waals surface area contributed by atoms with E-state index in [4.69, 9.17) is 0 Å². The van der Waals surface area contributed by atoms with E-state index in [1.165, 1.54) is 37.6 Å². The van der Waals surface area contributed by atoms with E-state index in [-0.39, 0.29) is 44.6 Å². The predicted molar refractivity (Wildman–Crippen MR) is 340 cm³/mol. The fraction of sp³-hybridized carbons (Fsp3) is 0.540. The minimum absolute atomic E-state index is 0. The van der Waals surface area contributed by atoms with E-state index in [9.17, 15) is 0 Å². The second-order valence-corrected chi connectivity index (χ2v) is 11.7. The number of benzene rings is 1. The first kappa shape index (κ1) is 110. The standard InChI is InChI=1S/C7H8.3C6H7N.2C6H8S.10C2H6.6CH4/c1-7-5-3-2-4-6-7;1-6-2-4-7-5-3-6;1-6-3-2-4-7-5-6;1-6-4-2-3-5-7-6;2*1-5-3-4-7-6(5)2;10*1-2;;;;;;/h2-6H,1H3;3*2-5H,1H3;2*3-4H,1-2H3;10*1-2H3;6*1H4. The van der Waals surface area contributed by atoms with Gasteiger partial charge >= 0.3 is 0 Å². The average molecular weight is 993 g/mol. The molecule has 6 aromatic rings. The summed E-state index contributed by atoms with van der Waals surface area (Å²) in [5.41, 5.74) is 7.68. The van der Waals surface area contributed by atoms with Gasteiger partial charge < -0.3 is 0 Å². The monoisotopic (exact) mass is 992 g/mol. The van der Waals surface area contributed by atoms with Gasteiger partial charge in [-0.25, -0.2) is 0 Å². The van der Waals surface area contributed by atoms with Crippen LogP contribution in [0.1, 0.15) is 226 Å². The zero-order valence-electron chi connectivity index (χ0n) is 46.3. The largest absolute Gasteiger partial charge is 0.265 e. The van der Waals surface area contributed by atoms with Crippen molar-refractivity contribution in [2.75, 3.05) is 0 Å². The molecule has 68 heavy (non-hydrogen) atoms. The molecule has 0 N–H and O–H groups in total. The molecule has 5 heteroatoms. The highest BCUT2D eigenvalue weighted by atomic mass is 32.1. The van der Waals surface area contributed by atoms with E-state index in [1.54, 1.807) is 47.5 Å². The number of pyridine rings is 3. The lowest BCUT2D eigenvalue weighted by atomic mass is 10.2. The fourth-order valence-corrected chi connectivity index (χ4v) is 4.21. The summed E-state index contributed by atoms with van der Waals surface area (Å²) in [6.45, 7) is 56.7. The van der Waals surface area contributed by atoms with Gasteiger partial charge in [-0.15, -0.1) is 22.7 Å². The van der Waals surface area contributed by atoms with E-state index < -0.39 is 0 Å². The third-order valence-corrected chi connectivity index (χ3v) is 7.54. The zero-order chi connectivity index (χ0) is 51.0. The molecule has 3 nitrogen and oxygen atoms in total. The van der Waals surface area contributed by atoms with Crippen molar-refractivity contribution >= 4 is 22.7 Å². The summed E-state index contributed by atoms with van der Waals surface area (Å²) < 4.78 is 0. The Labute approximate surface area is 443 Å². The van der Waals surface area contributed by atoms with Crippen molar-refractivity contribution in [2.45, 2.75) is 238 Å². The Bertz CT molecular complexity index is 1210. The quantitative estimate of drug-likeness (QED) is 0.152. The number of aryl methyl sites for hydroxylation is 8. The molecule has 0 fully saturated rings. The van der Waals surface area contributed by atoms with Gasteiger partial charge in [-0.3, -0.25) is 15.0 Å². The second kappa shape index (κ2) is 114. The number of aromatic nitrogens is 3. The van der Waals surface area contributed by atoms with Crippen molar-refractivity contribution in [3.8, 4) is 0 Å². The van der Waals surface area contributed by atoms with E-state index in [1.807, 2.05) is 226 Å². The first-order valence-corrected chi connectivity index (χ1v) is 25.6. The molecule has 0 spiro atoms. The summed E-state index contributed by atoms with van der Waals surface area (Å²) in [4.78, 5) is 14.6. The van der Waals surface area contributed by atoms with Crippen LogP contribution in [0, 0.1) is 55.4 Å². The molecular weight excluding hydrogens is 863 g/mol. The number of nitrogens with zero attached hydrogens (tertiary/aromatic N) is 3. The van der Waals surface area contributed by atoms with Gasteiger partial charge in [-0.2, -0.15) is 0 Å². The van der Waals surface area contributed by atoms with Crippen molar-refractivity contribution in [1.82, 2.24) is 15.0 Å². The number of hydrogen-bond donors (Lipinski definition) is 0. The lowest BCUT2D eigenvalue weighted by molar-refractivity contribution is 1.20. The number of rotatable bonds is 0. The van der Waals surface area contributed by atoms with Crippen LogP contribution in [-0.2, 0) is 0 Å². The van der Waals surface area contributed by atoms with E-state index in [0.717, 1.165) is 5.69 Å². The van der Waals surface area contributed by atoms with Gasteiger partial charge in [0, 0.05) is 46.4 Å². The highest BCUT2D eigenvalue weighted by Gasteiger charge is 1.88. The van der Waals surface area contributed by atoms with Crippen LogP contribution in [-0.4, -0.2) is 15.0 Å². The molecule has 0 radical (unpaired) electrons. The first-order chi connectivity index (χ1) is 30.2. The molecule has 0 aliphatic heterocycles. The highest BCUT2D eigenvalue weighted by molar-refractivity contribution is 7.10. The molecule has 0 aliphatic rings. The van der Waals surface area contributed by atoms with Gasteiger partial charge in [0.15, 0.2) is 0 Å². The maximum atomic E-state index is 3.98. The van der Waals surface area contributed by atoms with Crippen molar-refractivity contribution in [3.63, 3.8) is 0 Å². The summed E-state index contributed by atoms with van der Waals surface area (Å²) >= 11 is 3.61. The second-order valence-electron chi connectivity index (χ2n) is 9.50. The van der Waals surface area contributed by atoms with Crippen LogP contribution in [0.4, 0.5) is 0 Å². The molecule has 408 valence electrons. The Morgan fingerprint density at radius 3 is 0.750 bits per heavy atom. The van der Waals surface area contributed by atoms with Crippen LogP contribution in [0.5, 0.6) is 0 Å². The molecule has 1 aromatic carbocycles. The van der Waals surface area contributed by atoms with Crippen LogP contribution >= 0.6 is 22.7 Å². The lowest BCUT2D eigenvalue weighted by Crippen LogP contribution is -1.72. The minimum atomic E-state index is 0. The van der Waals surface area contributed by atoms with Gasteiger partial charge in [-0.05, 0) is 131 Å². The Kier molecular flexibility index (Phi) is 186. The fourth-order valence-electron chi connectivity index (χ4n) is 2.75. The van der Waals surface area contributed by atoms with Crippen molar-refractivity contribution in [2.24, 2.45) is 0 Å². The molecule has 0 bridgehead atoms. The molecule has 0 saturated heterocycles. The zero-order valence-corrected chi connectivity index (χ0v) is 47.9. The topological polar surface area (TPSA) is 38.7 Å². The molecule has 5 heterocycles. The van der Waals surface area contributed by atoms with Gasteiger partial charge in [0.25, 0.3) is 0 Å². The molecule has 0 amide bonds. The number of hydrogen-bond acceptors (Lipinski definition) is 5. The molecule has 0 saturated carbocycles. The van der Waals surface area contributed by atoms with Crippen molar-refractivity contribution < 1.29 is 0 Å². The summed E-state index contributed by atoms with van der Waals surface area (Å²) in [7, 11) is 0. The van der Waals surface area contributed by atoms with Crippen LogP contribution in [0.2, 0.25) is 0 Å². The summed E-state index contributed by atoms with van der Waals surface area (Å²) in [5.74, 6) is 0.